The normalized spacial score (nSPS) is 25.8. The molecule has 1 aliphatic rings. The first kappa shape index (κ1) is 13.9. The van der Waals surface area contributed by atoms with Crippen molar-refractivity contribution in [2.75, 3.05) is 0 Å². The van der Waals surface area contributed by atoms with Crippen LogP contribution in [0.15, 0.2) is 22.7 Å². The van der Waals surface area contributed by atoms with E-state index in [9.17, 15) is 0 Å². The van der Waals surface area contributed by atoms with Crippen LogP contribution >= 0.6 is 15.9 Å². The van der Waals surface area contributed by atoms with E-state index >= 15 is 0 Å². The monoisotopic (exact) mass is 311 g/mol. The number of nitrogens with two attached hydrogens (primary N) is 1. The molecule has 3 atom stereocenters. The van der Waals surface area contributed by atoms with Crippen LogP contribution in [0.5, 0.6) is 5.75 Å². The summed E-state index contributed by atoms with van der Waals surface area (Å²) in [6.45, 7) is 4.28. The molecule has 0 amide bonds. The summed E-state index contributed by atoms with van der Waals surface area (Å²) in [5.41, 5.74) is 7.02. The van der Waals surface area contributed by atoms with Crippen molar-refractivity contribution in [3.05, 3.63) is 28.2 Å². The molecular formula is C15H22BrNO. The van der Waals surface area contributed by atoms with Crippen LogP contribution in [0.2, 0.25) is 0 Å². The van der Waals surface area contributed by atoms with Crippen molar-refractivity contribution in [3.8, 4) is 5.75 Å². The van der Waals surface area contributed by atoms with Crippen LogP contribution in [0.4, 0.5) is 0 Å². The summed E-state index contributed by atoms with van der Waals surface area (Å²) in [4.78, 5) is 0. The molecule has 1 aliphatic carbocycles. The topological polar surface area (TPSA) is 35.2 Å². The summed E-state index contributed by atoms with van der Waals surface area (Å²) in [6, 6.07) is 6.17. The highest BCUT2D eigenvalue weighted by molar-refractivity contribution is 9.10. The van der Waals surface area contributed by atoms with Crippen LogP contribution in [-0.4, -0.2) is 6.10 Å². The van der Waals surface area contributed by atoms with Gasteiger partial charge in [-0.25, -0.2) is 0 Å². The van der Waals surface area contributed by atoms with Crippen molar-refractivity contribution in [1.82, 2.24) is 0 Å². The van der Waals surface area contributed by atoms with Gasteiger partial charge < -0.3 is 10.5 Å². The Bertz CT molecular complexity index is 405. The first-order chi connectivity index (χ1) is 8.58. The standard InChI is InChI=1S/C15H22BrNO/c1-10-5-3-4-6-15(10)18-12-7-8-13(11(2)17)14(16)9-12/h7-11,15H,3-6,17H2,1-2H3. The second kappa shape index (κ2) is 6.07. The van der Waals surface area contributed by atoms with Crippen molar-refractivity contribution in [2.24, 2.45) is 11.7 Å². The molecule has 1 aromatic carbocycles. The molecule has 3 unspecified atom stereocenters. The highest BCUT2D eigenvalue weighted by Gasteiger charge is 2.23. The summed E-state index contributed by atoms with van der Waals surface area (Å²) >= 11 is 3.57. The van der Waals surface area contributed by atoms with Gasteiger partial charge in [-0.2, -0.15) is 0 Å². The van der Waals surface area contributed by atoms with E-state index in [0.717, 1.165) is 15.8 Å². The van der Waals surface area contributed by atoms with E-state index in [2.05, 4.69) is 28.9 Å². The van der Waals surface area contributed by atoms with Gasteiger partial charge in [0.25, 0.3) is 0 Å². The molecule has 0 bridgehead atoms. The maximum Gasteiger partial charge on any atom is 0.120 e. The fraction of sp³-hybridized carbons (Fsp3) is 0.600. The van der Waals surface area contributed by atoms with Gasteiger partial charge in [-0.3, -0.25) is 0 Å². The largest absolute Gasteiger partial charge is 0.490 e. The Kier molecular flexibility index (Phi) is 4.68. The molecule has 1 fully saturated rings. The molecule has 0 aromatic heterocycles. The number of ether oxygens (including phenoxy) is 1. The Balaban J connectivity index is 2.07. The molecule has 0 saturated heterocycles. The summed E-state index contributed by atoms with van der Waals surface area (Å²) in [6.07, 6.45) is 5.45. The minimum atomic E-state index is 0.0435. The molecule has 2 nitrogen and oxygen atoms in total. The third-order valence-corrected chi connectivity index (χ3v) is 4.47. The van der Waals surface area contributed by atoms with E-state index in [4.69, 9.17) is 10.5 Å². The van der Waals surface area contributed by atoms with Crippen LogP contribution in [0, 0.1) is 5.92 Å². The molecule has 2 N–H and O–H groups in total. The lowest BCUT2D eigenvalue weighted by Crippen LogP contribution is -2.28. The molecule has 0 radical (unpaired) electrons. The predicted molar refractivity (Wildman–Crippen MR) is 78.8 cm³/mol. The van der Waals surface area contributed by atoms with E-state index in [-0.39, 0.29) is 6.04 Å². The van der Waals surface area contributed by atoms with Crippen molar-refractivity contribution in [3.63, 3.8) is 0 Å². The van der Waals surface area contributed by atoms with E-state index in [1.165, 1.54) is 25.7 Å². The first-order valence-corrected chi connectivity index (χ1v) is 7.59. The minimum Gasteiger partial charge on any atom is -0.490 e. The average molecular weight is 312 g/mol. The minimum absolute atomic E-state index is 0.0435. The molecular weight excluding hydrogens is 290 g/mol. The van der Waals surface area contributed by atoms with Gasteiger partial charge in [0.15, 0.2) is 0 Å². The van der Waals surface area contributed by atoms with E-state index in [0.29, 0.717) is 12.0 Å². The molecule has 3 heteroatoms. The zero-order valence-electron chi connectivity index (χ0n) is 11.2. The van der Waals surface area contributed by atoms with E-state index < -0.39 is 0 Å². The highest BCUT2D eigenvalue weighted by atomic mass is 79.9. The van der Waals surface area contributed by atoms with Crippen LogP contribution in [0.1, 0.15) is 51.1 Å². The van der Waals surface area contributed by atoms with Gasteiger partial charge in [0.1, 0.15) is 11.9 Å². The van der Waals surface area contributed by atoms with Gasteiger partial charge in [0.05, 0.1) is 0 Å². The molecule has 0 aliphatic heterocycles. The lowest BCUT2D eigenvalue weighted by Gasteiger charge is -2.29. The fourth-order valence-corrected chi connectivity index (χ4v) is 3.30. The Morgan fingerprint density at radius 1 is 1.33 bits per heavy atom. The first-order valence-electron chi connectivity index (χ1n) is 6.79. The Morgan fingerprint density at radius 3 is 2.67 bits per heavy atom. The summed E-state index contributed by atoms with van der Waals surface area (Å²) < 4.78 is 7.15. The second-order valence-electron chi connectivity index (χ2n) is 5.39. The zero-order chi connectivity index (χ0) is 13.1. The highest BCUT2D eigenvalue weighted by Crippen LogP contribution is 2.31. The Morgan fingerprint density at radius 2 is 2.06 bits per heavy atom. The van der Waals surface area contributed by atoms with Gasteiger partial charge in [0.2, 0.25) is 0 Å². The van der Waals surface area contributed by atoms with Gasteiger partial charge >= 0.3 is 0 Å². The number of rotatable bonds is 3. The maximum absolute atomic E-state index is 6.11. The smallest absolute Gasteiger partial charge is 0.120 e. The van der Waals surface area contributed by atoms with Crippen LogP contribution in [-0.2, 0) is 0 Å². The van der Waals surface area contributed by atoms with Gasteiger partial charge in [0, 0.05) is 10.5 Å². The second-order valence-corrected chi connectivity index (χ2v) is 6.24. The van der Waals surface area contributed by atoms with Gasteiger partial charge in [-0.1, -0.05) is 35.3 Å². The van der Waals surface area contributed by atoms with Gasteiger partial charge in [-0.05, 0) is 49.8 Å². The average Bonchev–Trinajstić information content (AvgIpc) is 2.32. The lowest BCUT2D eigenvalue weighted by molar-refractivity contribution is 0.102. The van der Waals surface area contributed by atoms with Crippen molar-refractivity contribution in [1.29, 1.82) is 0 Å². The molecule has 100 valence electrons. The molecule has 1 saturated carbocycles. The fourth-order valence-electron chi connectivity index (χ4n) is 2.58. The molecule has 0 spiro atoms. The summed E-state index contributed by atoms with van der Waals surface area (Å²) in [7, 11) is 0. The number of hydrogen-bond donors (Lipinski definition) is 1. The SMILES string of the molecule is CC(N)c1ccc(OC2CCCCC2C)cc1Br. The number of benzene rings is 1. The van der Waals surface area contributed by atoms with Gasteiger partial charge in [-0.15, -0.1) is 0 Å². The number of hydrogen-bond acceptors (Lipinski definition) is 2. The van der Waals surface area contributed by atoms with Crippen molar-refractivity contribution in [2.45, 2.75) is 51.7 Å². The quantitative estimate of drug-likeness (QED) is 0.896. The number of halogens is 1. The summed E-state index contributed by atoms with van der Waals surface area (Å²) in [5, 5.41) is 0. The third kappa shape index (κ3) is 3.27. The molecule has 1 aromatic rings. The van der Waals surface area contributed by atoms with Crippen LogP contribution in [0.3, 0.4) is 0 Å². The molecule has 0 heterocycles. The van der Waals surface area contributed by atoms with E-state index in [1.807, 2.05) is 19.1 Å². The molecule has 18 heavy (non-hydrogen) atoms. The zero-order valence-corrected chi connectivity index (χ0v) is 12.7. The Hall–Kier alpha value is -0.540. The van der Waals surface area contributed by atoms with Crippen LogP contribution < -0.4 is 10.5 Å². The maximum atomic E-state index is 6.11. The van der Waals surface area contributed by atoms with E-state index in [1.54, 1.807) is 0 Å². The molecule has 2 rings (SSSR count). The predicted octanol–water partition coefficient (Wildman–Crippen LogP) is 4.43. The third-order valence-electron chi connectivity index (χ3n) is 3.78. The van der Waals surface area contributed by atoms with Crippen molar-refractivity contribution >= 4 is 15.9 Å². The van der Waals surface area contributed by atoms with Crippen molar-refractivity contribution < 1.29 is 4.74 Å². The Labute approximate surface area is 118 Å². The lowest BCUT2D eigenvalue weighted by atomic mass is 9.88. The van der Waals surface area contributed by atoms with Crippen LogP contribution in [0.25, 0.3) is 0 Å². The summed E-state index contributed by atoms with van der Waals surface area (Å²) in [5.74, 6) is 1.61.